The largest absolute Gasteiger partial charge is 0.433 e. The van der Waals surface area contributed by atoms with E-state index in [4.69, 9.17) is 0 Å². The van der Waals surface area contributed by atoms with E-state index in [2.05, 4.69) is 20.4 Å². The highest BCUT2D eigenvalue weighted by Gasteiger charge is 2.23. The highest BCUT2D eigenvalue weighted by Crippen LogP contribution is 2.26. The highest BCUT2D eigenvalue weighted by atomic mass is 32.2. The van der Waals surface area contributed by atoms with Gasteiger partial charge in [-0.1, -0.05) is 10.9 Å². The van der Waals surface area contributed by atoms with Gasteiger partial charge in [0.05, 0.1) is 0 Å². The lowest BCUT2D eigenvalue weighted by molar-refractivity contribution is -0.0501. The minimum Gasteiger partial charge on any atom is -0.433 e. The summed E-state index contributed by atoms with van der Waals surface area (Å²) in [5.41, 5.74) is -0.144. The van der Waals surface area contributed by atoms with Crippen LogP contribution < -0.4 is 9.46 Å². The molecule has 0 unspecified atom stereocenters. The van der Waals surface area contributed by atoms with Crippen LogP contribution in [0.15, 0.2) is 23.1 Å². The van der Waals surface area contributed by atoms with Crippen molar-refractivity contribution in [3.05, 3.63) is 28.6 Å². The van der Waals surface area contributed by atoms with Crippen LogP contribution in [-0.4, -0.2) is 29.1 Å². The monoisotopic (exact) mass is 277 g/mol. The molecule has 0 aliphatic heterocycles. The summed E-state index contributed by atoms with van der Waals surface area (Å²) in [7, 11) is -1.25. The van der Waals surface area contributed by atoms with Crippen LogP contribution in [0.5, 0.6) is 5.75 Å². The van der Waals surface area contributed by atoms with E-state index in [0.717, 1.165) is 0 Å². The first-order valence-electron chi connectivity index (χ1n) is 4.78. The highest BCUT2D eigenvalue weighted by molar-refractivity contribution is 7.89. The maximum Gasteiger partial charge on any atom is 0.387 e. The van der Waals surface area contributed by atoms with E-state index in [0.29, 0.717) is 0 Å². The van der Waals surface area contributed by atoms with E-state index in [1.807, 2.05) is 0 Å². The molecule has 0 radical (unpaired) electrons. The standard InChI is InChI=1S/C10H11F2N2O3S/c1-13-6-7-8(17-10(11)12)4-3-5-9(7)18(15,16)14-2/h3-5,10,14H,1-2H3/q+1. The maximum atomic E-state index is 12.2. The Balaban J connectivity index is 3.48. The Labute approximate surface area is 103 Å². The van der Waals surface area contributed by atoms with E-state index < -0.39 is 16.6 Å². The van der Waals surface area contributed by atoms with Gasteiger partial charge in [-0.3, -0.25) is 0 Å². The third kappa shape index (κ3) is 3.15. The summed E-state index contributed by atoms with van der Waals surface area (Å²) in [6.07, 6.45) is 0. The van der Waals surface area contributed by atoms with Gasteiger partial charge in [0.2, 0.25) is 10.0 Å². The first kappa shape index (κ1) is 14.3. The van der Waals surface area contributed by atoms with Gasteiger partial charge < -0.3 is 4.74 Å². The van der Waals surface area contributed by atoms with Crippen molar-refractivity contribution in [2.75, 3.05) is 14.1 Å². The molecule has 0 spiro atoms. The van der Waals surface area contributed by atoms with Crippen LogP contribution in [0.25, 0.3) is 4.85 Å². The van der Waals surface area contributed by atoms with Crippen LogP contribution in [0, 0.1) is 6.07 Å². The number of benzene rings is 1. The van der Waals surface area contributed by atoms with E-state index in [-0.39, 0.29) is 16.2 Å². The average Bonchev–Trinajstić information content (AvgIpc) is 2.30. The molecule has 0 bridgehead atoms. The Kier molecular flexibility index (Phi) is 4.58. The molecule has 98 valence electrons. The zero-order chi connectivity index (χ0) is 13.8. The predicted octanol–water partition coefficient (Wildman–Crippen LogP) is 1.51. The topological polar surface area (TPSA) is 59.8 Å². The molecule has 5 nitrogen and oxygen atoms in total. The first-order chi connectivity index (χ1) is 8.42. The molecule has 0 heterocycles. The second kappa shape index (κ2) is 5.75. The second-order valence-corrected chi connectivity index (χ2v) is 4.91. The van der Waals surface area contributed by atoms with E-state index in [1.54, 1.807) is 0 Å². The van der Waals surface area contributed by atoms with Crippen molar-refractivity contribution in [3.63, 3.8) is 0 Å². The van der Waals surface area contributed by atoms with Crippen LogP contribution in [0.4, 0.5) is 8.78 Å². The lowest BCUT2D eigenvalue weighted by Crippen LogP contribution is -2.20. The summed E-state index contributed by atoms with van der Waals surface area (Å²) in [6, 6.07) is 6.10. The molecule has 1 N–H and O–H groups in total. The molecule has 0 fully saturated rings. The summed E-state index contributed by atoms with van der Waals surface area (Å²) in [4.78, 5) is 3.29. The summed E-state index contributed by atoms with van der Waals surface area (Å²) in [6.45, 7) is -3.06. The zero-order valence-electron chi connectivity index (χ0n) is 9.65. The van der Waals surface area contributed by atoms with Crippen molar-refractivity contribution in [2.24, 2.45) is 0 Å². The molecule has 0 aromatic heterocycles. The molecule has 0 amide bonds. The number of alkyl halides is 2. The molecule has 8 heteroatoms. The van der Waals surface area contributed by atoms with Gasteiger partial charge in [0.1, 0.15) is 10.6 Å². The lowest BCUT2D eigenvalue weighted by Gasteiger charge is -2.08. The summed E-state index contributed by atoms with van der Waals surface area (Å²) in [5, 5.41) is 0. The second-order valence-electron chi connectivity index (χ2n) is 3.05. The molecule has 0 atom stereocenters. The van der Waals surface area contributed by atoms with Gasteiger partial charge in [0.25, 0.3) is 7.05 Å². The quantitative estimate of drug-likeness (QED) is 0.907. The number of hydrogen-bond acceptors (Lipinski definition) is 3. The fourth-order valence-corrected chi connectivity index (χ4v) is 2.15. The maximum absolute atomic E-state index is 12.2. The summed E-state index contributed by atoms with van der Waals surface area (Å²) in [5.74, 6) is -0.299. The Morgan fingerprint density at radius 3 is 2.61 bits per heavy atom. The van der Waals surface area contributed by atoms with Gasteiger partial charge in [0.15, 0.2) is 5.56 Å². The average molecular weight is 277 g/mol. The number of ether oxygens (including phenoxy) is 1. The number of rotatable bonds is 4. The number of sulfonamides is 1. The lowest BCUT2D eigenvalue weighted by atomic mass is 10.2. The Morgan fingerprint density at radius 1 is 1.44 bits per heavy atom. The molecule has 0 saturated heterocycles. The third-order valence-corrected chi connectivity index (χ3v) is 3.44. The molecule has 1 rings (SSSR count). The van der Waals surface area contributed by atoms with Crippen molar-refractivity contribution in [3.8, 4) is 11.8 Å². The van der Waals surface area contributed by atoms with Crippen molar-refractivity contribution in [2.45, 2.75) is 11.5 Å². The number of nitrogens with zero attached hydrogens (tertiary/aromatic N) is 1. The Bertz CT molecular complexity index is 591. The predicted molar refractivity (Wildman–Crippen MR) is 61.6 cm³/mol. The number of hydrogen-bond donors (Lipinski definition) is 1. The van der Waals surface area contributed by atoms with E-state index in [9.17, 15) is 17.2 Å². The van der Waals surface area contributed by atoms with Gasteiger partial charge in [-0.25, -0.2) is 13.1 Å². The van der Waals surface area contributed by atoms with Crippen molar-refractivity contribution >= 4 is 10.0 Å². The van der Waals surface area contributed by atoms with Crippen LogP contribution in [-0.2, 0) is 10.0 Å². The SMILES string of the molecule is C[N+]#Cc1c(OC(F)F)cccc1S(=O)(=O)NC. The van der Waals surface area contributed by atoms with Crippen molar-refractivity contribution < 1.29 is 21.9 Å². The van der Waals surface area contributed by atoms with Crippen LogP contribution in [0.1, 0.15) is 5.56 Å². The van der Waals surface area contributed by atoms with Gasteiger partial charge in [-0.2, -0.15) is 8.78 Å². The molecule has 1 aromatic rings. The molecule has 0 aliphatic rings. The molecule has 1 aromatic carbocycles. The van der Waals surface area contributed by atoms with E-state index >= 15 is 0 Å². The van der Waals surface area contributed by atoms with Crippen LogP contribution in [0.3, 0.4) is 0 Å². The minimum atomic E-state index is -3.81. The number of nitrogens with one attached hydrogen (secondary N) is 1. The minimum absolute atomic E-state index is 0.144. The molecule has 18 heavy (non-hydrogen) atoms. The van der Waals surface area contributed by atoms with Crippen LogP contribution in [0.2, 0.25) is 0 Å². The zero-order valence-corrected chi connectivity index (χ0v) is 10.5. The first-order valence-corrected chi connectivity index (χ1v) is 6.27. The summed E-state index contributed by atoms with van der Waals surface area (Å²) < 4.78 is 54.1. The van der Waals surface area contributed by atoms with Crippen molar-refractivity contribution in [1.82, 2.24) is 4.72 Å². The van der Waals surface area contributed by atoms with Gasteiger partial charge in [-0.15, -0.1) is 0 Å². The normalized spacial score (nSPS) is 10.9. The van der Waals surface area contributed by atoms with Crippen molar-refractivity contribution in [1.29, 1.82) is 0 Å². The Hall–Kier alpha value is -1.72. The smallest absolute Gasteiger partial charge is 0.387 e. The fourth-order valence-electron chi connectivity index (χ4n) is 1.26. The molecular weight excluding hydrogens is 266 g/mol. The molecule has 0 saturated carbocycles. The third-order valence-electron chi connectivity index (χ3n) is 1.99. The Morgan fingerprint density at radius 2 is 2.11 bits per heavy atom. The molecular formula is C10H11F2N2O3S+. The van der Waals surface area contributed by atoms with E-state index in [1.165, 1.54) is 32.3 Å². The molecule has 0 aliphatic carbocycles. The van der Waals surface area contributed by atoms with Crippen LogP contribution >= 0.6 is 0 Å². The van der Waals surface area contributed by atoms with Gasteiger partial charge in [0, 0.05) is 0 Å². The van der Waals surface area contributed by atoms with Gasteiger partial charge >= 0.3 is 12.7 Å². The fraction of sp³-hybridized carbons (Fsp3) is 0.300. The summed E-state index contributed by atoms with van der Waals surface area (Å²) >= 11 is 0. The number of halogens is 2. The van der Waals surface area contributed by atoms with Gasteiger partial charge in [-0.05, 0) is 19.2 Å².